The van der Waals surface area contributed by atoms with Crippen molar-refractivity contribution in [2.45, 2.75) is 64.8 Å². The molecule has 1 aromatic rings. The maximum atomic E-state index is 9.59. The van der Waals surface area contributed by atoms with Crippen molar-refractivity contribution in [2.24, 2.45) is 0 Å². The molecule has 1 N–H and O–H groups in total. The SMILES string of the molecule is CC(C)[Si](Oc1ccc(I)cc1CO)(C(C)C)C(C)C. The molecule has 2 nitrogen and oxygen atoms in total. The molecule has 0 aliphatic carbocycles. The molecule has 114 valence electrons. The molecule has 0 saturated carbocycles. The number of hydrogen-bond acceptors (Lipinski definition) is 2. The summed E-state index contributed by atoms with van der Waals surface area (Å²) in [6.45, 7) is 13.7. The Morgan fingerprint density at radius 1 is 1.05 bits per heavy atom. The maximum Gasteiger partial charge on any atom is 0.258 e. The van der Waals surface area contributed by atoms with Crippen LogP contribution in [0.3, 0.4) is 0 Å². The van der Waals surface area contributed by atoms with Gasteiger partial charge in [-0.15, -0.1) is 0 Å². The number of hydrogen-bond donors (Lipinski definition) is 1. The fourth-order valence-corrected chi connectivity index (χ4v) is 9.16. The first-order chi connectivity index (χ1) is 9.25. The van der Waals surface area contributed by atoms with Gasteiger partial charge in [0.1, 0.15) is 5.75 Å². The fourth-order valence-electron chi connectivity index (χ4n) is 3.32. The first-order valence-electron chi connectivity index (χ1n) is 7.34. The Balaban J connectivity index is 3.26. The first-order valence-corrected chi connectivity index (χ1v) is 10.6. The average molecular weight is 406 g/mol. The van der Waals surface area contributed by atoms with Crippen LogP contribution in [0.1, 0.15) is 47.1 Å². The van der Waals surface area contributed by atoms with Gasteiger partial charge in [0.2, 0.25) is 0 Å². The highest BCUT2D eigenvalue weighted by atomic mass is 127. The molecule has 0 aromatic heterocycles. The molecule has 0 radical (unpaired) electrons. The third kappa shape index (κ3) is 3.57. The van der Waals surface area contributed by atoms with Crippen molar-refractivity contribution in [1.82, 2.24) is 0 Å². The topological polar surface area (TPSA) is 29.5 Å². The Bertz CT molecular complexity index is 422. The minimum atomic E-state index is -1.95. The van der Waals surface area contributed by atoms with Crippen LogP contribution in [0, 0.1) is 3.57 Å². The molecule has 0 fully saturated rings. The number of aliphatic hydroxyl groups excluding tert-OH is 1. The van der Waals surface area contributed by atoms with Crippen molar-refractivity contribution < 1.29 is 9.53 Å². The van der Waals surface area contributed by atoms with E-state index in [2.05, 4.69) is 70.2 Å². The highest BCUT2D eigenvalue weighted by molar-refractivity contribution is 14.1. The summed E-state index contributed by atoms with van der Waals surface area (Å²) in [6.07, 6.45) is 0. The zero-order valence-corrected chi connectivity index (χ0v) is 16.6. The summed E-state index contributed by atoms with van der Waals surface area (Å²) in [5.41, 5.74) is 2.51. The zero-order chi connectivity index (χ0) is 15.5. The molecule has 0 unspecified atom stereocenters. The van der Waals surface area contributed by atoms with Crippen LogP contribution in [0.5, 0.6) is 5.75 Å². The lowest BCUT2D eigenvalue weighted by Crippen LogP contribution is -2.50. The second-order valence-electron chi connectivity index (χ2n) is 6.33. The molecule has 0 saturated heterocycles. The van der Waals surface area contributed by atoms with E-state index in [0.29, 0.717) is 16.6 Å². The number of halogens is 1. The van der Waals surface area contributed by atoms with Crippen LogP contribution in [-0.2, 0) is 6.61 Å². The van der Waals surface area contributed by atoms with Gasteiger partial charge in [0.25, 0.3) is 8.32 Å². The van der Waals surface area contributed by atoms with E-state index in [-0.39, 0.29) is 6.61 Å². The van der Waals surface area contributed by atoms with E-state index >= 15 is 0 Å². The Morgan fingerprint density at radius 3 is 1.95 bits per heavy atom. The molecule has 20 heavy (non-hydrogen) atoms. The lowest BCUT2D eigenvalue weighted by Gasteiger charge is -2.42. The lowest BCUT2D eigenvalue weighted by atomic mass is 10.2. The quantitative estimate of drug-likeness (QED) is 0.511. The third-order valence-electron chi connectivity index (χ3n) is 4.19. The van der Waals surface area contributed by atoms with Gasteiger partial charge in [-0.2, -0.15) is 0 Å². The fraction of sp³-hybridized carbons (Fsp3) is 0.625. The minimum absolute atomic E-state index is 0.0327. The van der Waals surface area contributed by atoms with Gasteiger partial charge in [0.15, 0.2) is 0 Å². The van der Waals surface area contributed by atoms with Crippen molar-refractivity contribution in [1.29, 1.82) is 0 Å². The van der Waals surface area contributed by atoms with Gasteiger partial charge in [0, 0.05) is 9.13 Å². The highest BCUT2D eigenvalue weighted by Gasteiger charge is 2.47. The Morgan fingerprint density at radius 2 is 1.55 bits per heavy atom. The maximum absolute atomic E-state index is 9.59. The van der Waals surface area contributed by atoms with Gasteiger partial charge >= 0.3 is 0 Å². The number of aliphatic hydroxyl groups is 1. The second-order valence-corrected chi connectivity index (χ2v) is 13.0. The summed E-state index contributed by atoms with van der Waals surface area (Å²) in [6, 6.07) is 6.08. The van der Waals surface area contributed by atoms with Crippen LogP contribution in [0.2, 0.25) is 16.6 Å². The van der Waals surface area contributed by atoms with Crippen molar-refractivity contribution >= 4 is 30.9 Å². The van der Waals surface area contributed by atoms with Crippen molar-refractivity contribution in [3.8, 4) is 5.75 Å². The average Bonchev–Trinajstić information content (AvgIpc) is 2.35. The van der Waals surface area contributed by atoms with Gasteiger partial charge in [0.05, 0.1) is 6.61 Å². The van der Waals surface area contributed by atoms with E-state index in [4.69, 9.17) is 4.43 Å². The summed E-state index contributed by atoms with van der Waals surface area (Å²) in [5.74, 6) is 0.871. The Kier molecular flexibility index (Phi) is 6.53. The van der Waals surface area contributed by atoms with E-state index in [1.165, 1.54) is 0 Å². The monoisotopic (exact) mass is 406 g/mol. The number of benzene rings is 1. The van der Waals surface area contributed by atoms with E-state index in [0.717, 1.165) is 14.9 Å². The summed E-state index contributed by atoms with van der Waals surface area (Å²) < 4.78 is 7.77. The molecule has 1 aromatic carbocycles. The summed E-state index contributed by atoms with van der Waals surface area (Å²) in [5, 5.41) is 9.59. The third-order valence-corrected chi connectivity index (χ3v) is 10.8. The Hall–Kier alpha value is -0.0731. The second kappa shape index (κ2) is 7.27. The van der Waals surface area contributed by atoms with Gasteiger partial charge in [-0.1, -0.05) is 41.5 Å². The van der Waals surface area contributed by atoms with Crippen LogP contribution in [0.25, 0.3) is 0 Å². The van der Waals surface area contributed by atoms with Gasteiger partial charge in [-0.05, 0) is 57.4 Å². The lowest BCUT2D eigenvalue weighted by molar-refractivity contribution is 0.277. The standard InChI is InChI=1S/C16H27IO2Si/c1-11(2)20(12(3)4,13(5)6)19-16-8-7-15(17)9-14(16)10-18/h7-9,11-13,18H,10H2,1-6H3. The zero-order valence-electron chi connectivity index (χ0n) is 13.4. The van der Waals surface area contributed by atoms with E-state index in [9.17, 15) is 5.11 Å². The van der Waals surface area contributed by atoms with E-state index in [1.54, 1.807) is 0 Å². The molecule has 0 bridgehead atoms. The minimum Gasteiger partial charge on any atom is -0.542 e. The molecule has 0 spiro atoms. The molecule has 0 aliphatic heterocycles. The molecule has 0 atom stereocenters. The highest BCUT2D eigenvalue weighted by Crippen LogP contribution is 2.43. The van der Waals surface area contributed by atoms with E-state index < -0.39 is 8.32 Å². The predicted molar refractivity (Wildman–Crippen MR) is 96.8 cm³/mol. The van der Waals surface area contributed by atoms with Crippen LogP contribution in [0.15, 0.2) is 18.2 Å². The van der Waals surface area contributed by atoms with Crippen LogP contribution in [0.4, 0.5) is 0 Å². The van der Waals surface area contributed by atoms with Crippen LogP contribution >= 0.6 is 22.6 Å². The van der Waals surface area contributed by atoms with Crippen LogP contribution < -0.4 is 4.43 Å². The van der Waals surface area contributed by atoms with Gasteiger partial charge in [-0.25, -0.2) is 0 Å². The van der Waals surface area contributed by atoms with Crippen molar-refractivity contribution in [2.75, 3.05) is 0 Å². The molecule has 4 heteroatoms. The predicted octanol–water partition coefficient (Wildman–Crippen LogP) is 5.34. The molecular formula is C16H27IO2Si. The van der Waals surface area contributed by atoms with Crippen molar-refractivity contribution in [3.63, 3.8) is 0 Å². The summed E-state index contributed by atoms with van der Waals surface area (Å²) in [4.78, 5) is 0. The van der Waals surface area contributed by atoms with Gasteiger partial charge < -0.3 is 9.53 Å². The summed E-state index contributed by atoms with van der Waals surface area (Å²) in [7, 11) is -1.95. The molecular weight excluding hydrogens is 379 g/mol. The largest absolute Gasteiger partial charge is 0.542 e. The molecule has 1 rings (SSSR count). The normalized spacial score (nSPS) is 12.6. The number of rotatable bonds is 6. The molecule has 0 aliphatic rings. The smallest absolute Gasteiger partial charge is 0.258 e. The van der Waals surface area contributed by atoms with Crippen molar-refractivity contribution in [3.05, 3.63) is 27.3 Å². The summed E-state index contributed by atoms with van der Waals surface area (Å²) >= 11 is 2.27. The molecule has 0 amide bonds. The molecule has 0 heterocycles. The Labute approximate surface area is 138 Å². The van der Waals surface area contributed by atoms with Gasteiger partial charge in [-0.3, -0.25) is 0 Å². The first kappa shape index (κ1) is 18.0. The van der Waals surface area contributed by atoms with Crippen LogP contribution in [-0.4, -0.2) is 13.4 Å². The van der Waals surface area contributed by atoms with E-state index in [1.807, 2.05) is 12.1 Å².